The van der Waals surface area contributed by atoms with Crippen molar-refractivity contribution >= 4 is 5.91 Å². The van der Waals surface area contributed by atoms with Gasteiger partial charge in [0.2, 0.25) is 5.91 Å². The van der Waals surface area contributed by atoms with E-state index in [0.717, 1.165) is 51.6 Å². The fourth-order valence-corrected chi connectivity index (χ4v) is 4.65. The number of aliphatic hydroxyl groups excluding tert-OH is 1. The van der Waals surface area contributed by atoms with E-state index >= 15 is 0 Å². The summed E-state index contributed by atoms with van der Waals surface area (Å²) in [5.74, 6) is 0.178. The van der Waals surface area contributed by atoms with Gasteiger partial charge in [-0.3, -0.25) is 4.79 Å². The average molecular weight is 324 g/mol. The zero-order valence-corrected chi connectivity index (χ0v) is 14.5. The lowest BCUT2D eigenvalue weighted by Crippen LogP contribution is -2.56. The standard InChI is InChI=1S/C18H32N2O3/c1-23-13-18(22)20(14-5-3-2-4-6-14)15-7-9-19(10-8-15)16-11-17(21)12-16/h14-17,21H,2-13H2,1H3. The van der Waals surface area contributed by atoms with Gasteiger partial charge in [0, 0.05) is 38.3 Å². The highest BCUT2D eigenvalue weighted by Crippen LogP contribution is 2.31. The molecule has 5 heteroatoms. The minimum absolute atomic E-state index is 0.0836. The Balaban J connectivity index is 1.57. The third kappa shape index (κ3) is 4.06. The molecule has 0 unspecified atom stereocenters. The van der Waals surface area contributed by atoms with Gasteiger partial charge in [0.05, 0.1) is 6.10 Å². The second-order valence-corrected chi connectivity index (χ2v) is 7.57. The molecule has 0 aromatic heterocycles. The molecule has 0 spiro atoms. The summed E-state index contributed by atoms with van der Waals surface area (Å²) in [5.41, 5.74) is 0. The van der Waals surface area contributed by atoms with Crippen molar-refractivity contribution in [3.63, 3.8) is 0 Å². The molecule has 1 N–H and O–H groups in total. The van der Waals surface area contributed by atoms with Crippen molar-refractivity contribution in [3.8, 4) is 0 Å². The quantitative estimate of drug-likeness (QED) is 0.837. The van der Waals surface area contributed by atoms with Gasteiger partial charge in [-0.25, -0.2) is 0 Å². The Hall–Kier alpha value is -0.650. The number of carbonyl (C=O) groups excluding carboxylic acids is 1. The van der Waals surface area contributed by atoms with Crippen molar-refractivity contribution in [1.29, 1.82) is 0 Å². The van der Waals surface area contributed by atoms with Crippen LogP contribution in [0.1, 0.15) is 57.8 Å². The summed E-state index contributed by atoms with van der Waals surface area (Å²) < 4.78 is 5.13. The predicted octanol–water partition coefficient (Wildman–Crippen LogP) is 1.78. The van der Waals surface area contributed by atoms with E-state index in [4.69, 9.17) is 4.74 Å². The predicted molar refractivity (Wildman–Crippen MR) is 89.2 cm³/mol. The summed E-state index contributed by atoms with van der Waals surface area (Å²) >= 11 is 0. The number of aliphatic hydroxyl groups is 1. The van der Waals surface area contributed by atoms with Gasteiger partial charge in [-0.1, -0.05) is 19.3 Å². The molecule has 5 nitrogen and oxygen atoms in total. The lowest BCUT2D eigenvalue weighted by molar-refractivity contribution is -0.142. The van der Waals surface area contributed by atoms with E-state index in [9.17, 15) is 9.90 Å². The molecule has 0 atom stereocenters. The van der Waals surface area contributed by atoms with E-state index < -0.39 is 0 Å². The summed E-state index contributed by atoms with van der Waals surface area (Å²) in [6.45, 7) is 2.34. The van der Waals surface area contributed by atoms with E-state index in [0.29, 0.717) is 18.1 Å². The van der Waals surface area contributed by atoms with Crippen molar-refractivity contribution in [2.24, 2.45) is 0 Å². The Labute approximate surface area is 140 Å². The number of carbonyl (C=O) groups is 1. The zero-order chi connectivity index (χ0) is 16.2. The largest absolute Gasteiger partial charge is 0.393 e. The summed E-state index contributed by atoms with van der Waals surface area (Å²) in [6.07, 6.45) is 10.0. The lowest BCUT2D eigenvalue weighted by atomic mass is 9.85. The van der Waals surface area contributed by atoms with Crippen LogP contribution in [0.25, 0.3) is 0 Å². The zero-order valence-electron chi connectivity index (χ0n) is 14.5. The van der Waals surface area contributed by atoms with Crippen molar-refractivity contribution in [2.75, 3.05) is 26.8 Å². The van der Waals surface area contributed by atoms with Crippen LogP contribution in [0.5, 0.6) is 0 Å². The first-order chi connectivity index (χ1) is 11.2. The first-order valence-electron chi connectivity index (χ1n) is 9.41. The summed E-state index contributed by atoms with van der Waals surface area (Å²) in [6, 6.07) is 1.37. The fourth-order valence-electron chi connectivity index (χ4n) is 4.65. The number of methoxy groups -OCH3 is 1. The molecule has 0 bridgehead atoms. The molecule has 1 amide bonds. The summed E-state index contributed by atoms with van der Waals surface area (Å²) in [4.78, 5) is 17.3. The topological polar surface area (TPSA) is 53.0 Å². The minimum Gasteiger partial charge on any atom is -0.393 e. The highest BCUT2D eigenvalue weighted by molar-refractivity contribution is 5.78. The van der Waals surface area contributed by atoms with Crippen LogP contribution in [0, 0.1) is 0 Å². The number of rotatable bonds is 5. The molecular formula is C18H32N2O3. The normalized spacial score (nSPS) is 30.9. The monoisotopic (exact) mass is 324 g/mol. The molecule has 1 aliphatic heterocycles. The molecule has 2 aliphatic carbocycles. The van der Waals surface area contributed by atoms with Crippen molar-refractivity contribution in [2.45, 2.75) is 82.0 Å². The number of hydrogen-bond donors (Lipinski definition) is 1. The van der Waals surface area contributed by atoms with Gasteiger partial charge in [-0.15, -0.1) is 0 Å². The Morgan fingerprint density at radius 3 is 2.26 bits per heavy atom. The van der Waals surface area contributed by atoms with Crippen LogP contribution in [0.3, 0.4) is 0 Å². The van der Waals surface area contributed by atoms with Crippen LogP contribution in [0.2, 0.25) is 0 Å². The van der Waals surface area contributed by atoms with Crippen LogP contribution in [0.15, 0.2) is 0 Å². The van der Waals surface area contributed by atoms with Crippen LogP contribution in [0.4, 0.5) is 0 Å². The van der Waals surface area contributed by atoms with Crippen molar-refractivity contribution < 1.29 is 14.6 Å². The fraction of sp³-hybridized carbons (Fsp3) is 0.944. The molecule has 2 saturated carbocycles. The van der Waals surface area contributed by atoms with Crippen LogP contribution >= 0.6 is 0 Å². The smallest absolute Gasteiger partial charge is 0.249 e. The van der Waals surface area contributed by atoms with Crippen molar-refractivity contribution in [1.82, 2.24) is 9.80 Å². The summed E-state index contributed by atoms with van der Waals surface area (Å²) in [5, 5.41) is 9.50. The van der Waals surface area contributed by atoms with Crippen LogP contribution in [-0.2, 0) is 9.53 Å². The van der Waals surface area contributed by atoms with Gasteiger partial charge in [0.1, 0.15) is 6.61 Å². The molecule has 1 heterocycles. The number of hydrogen-bond acceptors (Lipinski definition) is 4. The molecule has 1 saturated heterocycles. The Morgan fingerprint density at radius 1 is 1.09 bits per heavy atom. The Bertz CT molecular complexity index is 384. The number of piperidine rings is 1. The van der Waals surface area contributed by atoms with Gasteiger partial charge >= 0.3 is 0 Å². The molecule has 3 fully saturated rings. The molecule has 0 aromatic carbocycles. The number of amides is 1. The molecule has 132 valence electrons. The number of nitrogens with zero attached hydrogens (tertiary/aromatic N) is 2. The van der Waals surface area contributed by atoms with Crippen LogP contribution in [-0.4, -0.2) is 71.8 Å². The Morgan fingerprint density at radius 2 is 1.70 bits per heavy atom. The number of ether oxygens (including phenoxy) is 1. The highest BCUT2D eigenvalue weighted by Gasteiger charge is 2.37. The molecule has 23 heavy (non-hydrogen) atoms. The second-order valence-electron chi connectivity index (χ2n) is 7.57. The van der Waals surface area contributed by atoms with E-state index in [1.165, 1.54) is 19.3 Å². The van der Waals surface area contributed by atoms with Gasteiger partial charge in [-0.2, -0.15) is 0 Å². The van der Waals surface area contributed by atoms with Crippen LogP contribution < -0.4 is 0 Å². The lowest BCUT2D eigenvalue weighted by Gasteiger charge is -2.47. The van der Waals surface area contributed by atoms with Crippen molar-refractivity contribution in [3.05, 3.63) is 0 Å². The molecule has 0 radical (unpaired) electrons. The minimum atomic E-state index is -0.0836. The maximum Gasteiger partial charge on any atom is 0.249 e. The number of likely N-dealkylation sites (tertiary alicyclic amines) is 1. The van der Waals surface area contributed by atoms with Gasteiger partial charge in [0.25, 0.3) is 0 Å². The summed E-state index contributed by atoms with van der Waals surface area (Å²) in [7, 11) is 1.61. The van der Waals surface area contributed by atoms with E-state index in [2.05, 4.69) is 9.80 Å². The first kappa shape index (κ1) is 17.2. The maximum atomic E-state index is 12.6. The molecule has 3 rings (SSSR count). The Kier molecular flexibility index (Phi) is 5.94. The van der Waals surface area contributed by atoms with Gasteiger partial charge in [0.15, 0.2) is 0 Å². The third-order valence-corrected chi connectivity index (χ3v) is 6.02. The highest BCUT2D eigenvalue weighted by atomic mass is 16.5. The molecule has 0 aromatic rings. The third-order valence-electron chi connectivity index (χ3n) is 6.02. The average Bonchev–Trinajstić information content (AvgIpc) is 2.54. The van der Waals surface area contributed by atoms with Gasteiger partial charge in [-0.05, 0) is 38.5 Å². The van der Waals surface area contributed by atoms with Gasteiger partial charge < -0.3 is 19.6 Å². The SMILES string of the molecule is COCC(=O)N(C1CCCCC1)C1CCN(C2CC(O)C2)CC1. The first-order valence-corrected chi connectivity index (χ1v) is 9.41. The maximum absolute atomic E-state index is 12.6. The van der Waals surface area contributed by atoms with E-state index in [1.54, 1.807) is 7.11 Å². The van der Waals surface area contributed by atoms with E-state index in [-0.39, 0.29) is 18.6 Å². The van der Waals surface area contributed by atoms with E-state index in [1.807, 2.05) is 0 Å². The molecular weight excluding hydrogens is 292 g/mol. The molecule has 3 aliphatic rings. The second kappa shape index (κ2) is 7.95.